The summed E-state index contributed by atoms with van der Waals surface area (Å²) in [7, 11) is -3.75. The summed E-state index contributed by atoms with van der Waals surface area (Å²) < 4.78 is 27.8. The molecular weight excluding hydrogens is 310 g/mol. The molecule has 1 N–H and O–H groups in total. The van der Waals surface area contributed by atoms with Crippen LogP contribution in [0.1, 0.15) is 22.3 Å². The standard InChI is InChI=1S/C18H23NO3S/c1-13-12-14(2)16(4)18(15(13)3)23(21,22)19(10-11-20)17-8-6-5-7-9-17/h5-9,12,20H,10-11H2,1-4H3. The zero-order valence-corrected chi connectivity index (χ0v) is 14.8. The molecule has 0 unspecified atom stereocenters. The highest BCUT2D eigenvalue weighted by molar-refractivity contribution is 7.93. The van der Waals surface area contributed by atoms with Crippen LogP contribution in [-0.2, 0) is 10.0 Å². The molecule has 0 atom stereocenters. The second-order valence-corrected chi connectivity index (χ2v) is 7.52. The van der Waals surface area contributed by atoms with E-state index in [0.717, 1.165) is 22.3 Å². The Bertz CT molecular complexity index is 773. The molecular formula is C18H23NO3S. The summed E-state index contributed by atoms with van der Waals surface area (Å²) in [5.74, 6) is 0. The van der Waals surface area contributed by atoms with Crippen molar-refractivity contribution in [2.75, 3.05) is 17.5 Å². The summed E-state index contributed by atoms with van der Waals surface area (Å²) in [4.78, 5) is 0.340. The van der Waals surface area contributed by atoms with Crippen molar-refractivity contribution < 1.29 is 13.5 Å². The highest BCUT2D eigenvalue weighted by atomic mass is 32.2. The SMILES string of the molecule is Cc1cc(C)c(C)c(S(=O)(=O)N(CCO)c2ccccc2)c1C. The monoisotopic (exact) mass is 333 g/mol. The minimum Gasteiger partial charge on any atom is -0.394 e. The van der Waals surface area contributed by atoms with Crippen LogP contribution in [-0.4, -0.2) is 26.7 Å². The molecule has 0 radical (unpaired) electrons. The molecule has 124 valence electrons. The first-order valence-corrected chi connectivity index (χ1v) is 9.00. The van der Waals surface area contributed by atoms with Crippen molar-refractivity contribution in [3.8, 4) is 0 Å². The van der Waals surface area contributed by atoms with Gasteiger partial charge in [-0.2, -0.15) is 0 Å². The molecule has 0 heterocycles. The van der Waals surface area contributed by atoms with E-state index in [0.29, 0.717) is 10.6 Å². The van der Waals surface area contributed by atoms with Gasteiger partial charge in [-0.25, -0.2) is 8.42 Å². The first kappa shape index (κ1) is 17.5. The van der Waals surface area contributed by atoms with E-state index in [4.69, 9.17) is 0 Å². The van der Waals surface area contributed by atoms with Gasteiger partial charge >= 0.3 is 0 Å². The van der Waals surface area contributed by atoms with Gasteiger partial charge in [0.05, 0.1) is 23.7 Å². The molecule has 2 aromatic rings. The van der Waals surface area contributed by atoms with E-state index in [1.165, 1.54) is 4.31 Å². The third-order valence-electron chi connectivity index (χ3n) is 4.19. The van der Waals surface area contributed by atoms with Crippen molar-refractivity contribution in [1.82, 2.24) is 0 Å². The predicted molar refractivity (Wildman–Crippen MR) is 93.4 cm³/mol. The number of rotatable bonds is 5. The zero-order valence-electron chi connectivity index (χ0n) is 14.0. The van der Waals surface area contributed by atoms with Gasteiger partial charge in [0.1, 0.15) is 0 Å². The number of aryl methyl sites for hydroxylation is 2. The van der Waals surface area contributed by atoms with Gasteiger partial charge in [0.15, 0.2) is 0 Å². The lowest BCUT2D eigenvalue weighted by Gasteiger charge is -2.26. The van der Waals surface area contributed by atoms with Crippen molar-refractivity contribution in [3.63, 3.8) is 0 Å². The van der Waals surface area contributed by atoms with Crippen LogP contribution in [0, 0.1) is 27.7 Å². The van der Waals surface area contributed by atoms with E-state index < -0.39 is 10.0 Å². The Hall–Kier alpha value is -1.85. The number of hydrogen-bond acceptors (Lipinski definition) is 3. The molecule has 0 aliphatic rings. The lowest BCUT2D eigenvalue weighted by Crippen LogP contribution is -2.34. The fraction of sp³-hybridized carbons (Fsp3) is 0.333. The highest BCUT2D eigenvalue weighted by Crippen LogP contribution is 2.31. The molecule has 0 aliphatic heterocycles. The van der Waals surface area contributed by atoms with Crippen LogP contribution in [0.3, 0.4) is 0 Å². The van der Waals surface area contributed by atoms with E-state index in [1.54, 1.807) is 24.3 Å². The maximum Gasteiger partial charge on any atom is 0.264 e. The second-order valence-electron chi connectivity index (χ2n) is 5.73. The zero-order chi connectivity index (χ0) is 17.2. The van der Waals surface area contributed by atoms with E-state index in [-0.39, 0.29) is 13.2 Å². The number of aliphatic hydroxyl groups is 1. The average molecular weight is 333 g/mol. The van der Waals surface area contributed by atoms with Gasteiger partial charge in [0.25, 0.3) is 10.0 Å². The maximum absolute atomic E-state index is 13.3. The third-order valence-corrected chi connectivity index (χ3v) is 6.29. The average Bonchev–Trinajstić information content (AvgIpc) is 2.51. The van der Waals surface area contributed by atoms with Gasteiger partial charge in [0, 0.05) is 0 Å². The topological polar surface area (TPSA) is 57.6 Å². The van der Waals surface area contributed by atoms with E-state index >= 15 is 0 Å². The van der Waals surface area contributed by atoms with Crippen LogP contribution < -0.4 is 4.31 Å². The van der Waals surface area contributed by atoms with Gasteiger partial charge in [-0.15, -0.1) is 0 Å². The molecule has 0 fully saturated rings. The number of hydrogen-bond donors (Lipinski definition) is 1. The van der Waals surface area contributed by atoms with Gasteiger partial charge in [0.2, 0.25) is 0 Å². The van der Waals surface area contributed by atoms with Crippen molar-refractivity contribution in [2.24, 2.45) is 0 Å². The molecule has 0 aliphatic carbocycles. The van der Waals surface area contributed by atoms with E-state index in [1.807, 2.05) is 39.8 Å². The Morgan fingerprint density at radius 3 is 1.96 bits per heavy atom. The first-order valence-electron chi connectivity index (χ1n) is 7.56. The Kier molecular flexibility index (Phi) is 5.12. The Morgan fingerprint density at radius 2 is 1.48 bits per heavy atom. The van der Waals surface area contributed by atoms with Gasteiger partial charge in [-0.1, -0.05) is 24.3 Å². The largest absolute Gasteiger partial charge is 0.394 e. The van der Waals surface area contributed by atoms with Crippen LogP contribution >= 0.6 is 0 Å². The molecule has 0 spiro atoms. The number of anilines is 1. The van der Waals surface area contributed by atoms with Crippen LogP contribution in [0.2, 0.25) is 0 Å². The molecule has 5 heteroatoms. The van der Waals surface area contributed by atoms with Gasteiger partial charge in [-0.05, 0) is 62.1 Å². The molecule has 0 aromatic heterocycles. The minimum atomic E-state index is -3.75. The lowest BCUT2D eigenvalue weighted by molar-refractivity contribution is 0.306. The smallest absolute Gasteiger partial charge is 0.264 e. The molecule has 2 aromatic carbocycles. The van der Waals surface area contributed by atoms with Gasteiger partial charge in [-0.3, -0.25) is 4.31 Å². The molecule has 0 saturated carbocycles. The molecule has 0 amide bonds. The number of nitrogens with zero attached hydrogens (tertiary/aromatic N) is 1. The Balaban J connectivity index is 2.69. The molecule has 0 bridgehead atoms. The van der Waals surface area contributed by atoms with E-state index in [9.17, 15) is 13.5 Å². The van der Waals surface area contributed by atoms with E-state index in [2.05, 4.69) is 0 Å². The number of sulfonamides is 1. The number of benzene rings is 2. The lowest BCUT2D eigenvalue weighted by atomic mass is 10.0. The molecule has 4 nitrogen and oxygen atoms in total. The second kappa shape index (κ2) is 6.72. The number of aliphatic hydroxyl groups excluding tert-OH is 1. The summed E-state index contributed by atoms with van der Waals surface area (Å²) in [5.41, 5.74) is 3.96. The van der Waals surface area contributed by atoms with Gasteiger partial charge < -0.3 is 5.11 Å². The van der Waals surface area contributed by atoms with Crippen molar-refractivity contribution in [3.05, 3.63) is 58.7 Å². The van der Waals surface area contributed by atoms with Crippen LogP contribution in [0.15, 0.2) is 41.3 Å². The van der Waals surface area contributed by atoms with Crippen LogP contribution in [0.25, 0.3) is 0 Å². The molecule has 2 rings (SSSR count). The quantitative estimate of drug-likeness (QED) is 0.915. The molecule has 0 saturated heterocycles. The summed E-state index contributed by atoms with van der Waals surface area (Å²) in [5, 5.41) is 9.35. The third kappa shape index (κ3) is 3.26. The Morgan fingerprint density at radius 1 is 0.957 bits per heavy atom. The molecule has 23 heavy (non-hydrogen) atoms. The van der Waals surface area contributed by atoms with Crippen LogP contribution in [0.5, 0.6) is 0 Å². The fourth-order valence-corrected chi connectivity index (χ4v) is 4.79. The minimum absolute atomic E-state index is 0.0260. The summed E-state index contributed by atoms with van der Waals surface area (Å²) in [6, 6.07) is 10.9. The van der Waals surface area contributed by atoms with Crippen molar-refractivity contribution in [2.45, 2.75) is 32.6 Å². The summed E-state index contributed by atoms with van der Waals surface area (Å²) in [6.45, 7) is 7.28. The maximum atomic E-state index is 13.3. The highest BCUT2D eigenvalue weighted by Gasteiger charge is 2.29. The van der Waals surface area contributed by atoms with Crippen molar-refractivity contribution >= 4 is 15.7 Å². The summed E-state index contributed by atoms with van der Waals surface area (Å²) >= 11 is 0. The predicted octanol–water partition coefficient (Wildman–Crippen LogP) is 3.11. The number of para-hydroxylation sites is 1. The van der Waals surface area contributed by atoms with Crippen molar-refractivity contribution in [1.29, 1.82) is 0 Å². The fourth-order valence-electron chi connectivity index (χ4n) is 2.75. The normalized spacial score (nSPS) is 11.5. The Labute approximate surface area is 138 Å². The summed E-state index contributed by atoms with van der Waals surface area (Å²) in [6.07, 6.45) is 0. The van der Waals surface area contributed by atoms with Crippen LogP contribution in [0.4, 0.5) is 5.69 Å². The first-order chi connectivity index (χ1) is 10.8.